The Bertz CT molecular complexity index is 607. The summed E-state index contributed by atoms with van der Waals surface area (Å²) in [5.41, 5.74) is 1.95. The zero-order valence-electron chi connectivity index (χ0n) is 9.74. The second-order valence-electron chi connectivity index (χ2n) is 3.74. The Kier molecular flexibility index (Phi) is 3.45. The third-order valence-corrected chi connectivity index (χ3v) is 2.91. The average Bonchev–Trinajstić information content (AvgIpc) is 2.29. The molecule has 0 aliphatic rings. The highest BCUT2D eigenvalue weighted by Crippen LogP contribution is 2.12. The second kappa shape index (κ2) is 4.85. The van der Waals surface area contributed by atoms with Gasteiger partial charge in [-0.05, 0) is 24.1 Å². The van der Waals surface area contributed by atoms with Crippen molar-refractivity contribution in [2.45, 2.75) is 20.0 Å². The van der Waals surface area contributed by atoms with Gasteiger partial charge in [-0.15, -0.1) is 0 Å². The molecule has 0 N–H and O–H groups in total. The van der Waals surface area contributed by atoms with Crippen molar-refractivity contribution < 1.29 is 4.74 Å². The number of fused-ring (bicyclic) bond motifs is 1. The predicted molar refractivity (Wildman–Crippen MR) is 66.6 cm³/mol. The maximum absolute atomic E-state index is 12.1. The molecule has 4 nitrogen and oxygen atoms in total. The normalized spacial score (nSPS) is 11.0. The number of aromatic nitrogens is 2. The van der Waals surface area contributed by atoms with E-state index < -0.39 is 0 Å². The van der Waals surface area contributed by atoms with Gasteiger partial charge in [0.25, 0.3) is 5.56 Å². The van der Waals surface area contributed by atoms with E-state index in [0.29, 0.717) is 24.2 Å². The number of ether oxygens (including phenoxy) is 1. The lowest BCUT2D eigenvalue weighted by atomic mass is 10.2. The van der Waals surface area contributed by atoms with Crippen LogP contribution in [0.3, 0.4) is 0 Å². The minimum absolute atomic E-state index is 0.105. The molecule has 0 fully saturated rings. The molecule has 5 heteroatoms. The smallest absolute Gasteiger partial charge is 0.262 e. The summed E-state index contributed by atoms with van der Waals surface area (Å²) in [6.07, 6.45) is 2.28. The van der Waals surface area contributed by atoms with Crippen molar-refractivity contribution >= 4 is 17.2 Å². The van der Waals surface area contributed by atoms with Gasteiger partial charge in [0.2, 0.25) is 0 Å². The van der Waals surface area contributed by atoms with Gasteiger partial charge in [0, 0.05) is 13.3 Å². The fourth-order valence-corrected chi connectivity index (χ4v) is 2.04. The van der Waals surface area contributed by atoms with Gasteiger partial charge >= 0.3 is 0 Å². The molecule has 0 amide bonds. The zero-order chi connectivity index (χ0) is 12.4. The Balaban J connectivity index is 2.69. The highest BCUT2D eigenvalue weighted by Gasteiger charge is 2.09. The van der Waals surface area contributed by atoms with Crippen LogP contribution < -0.4 is 5.56 Å². The monoisotopic (exact) mass is 252 g/mol. The van der Waals surface area contributed by atoms with Crippen LogP contribution in [-0.4, -0.2) is 16.5 Å². The highest BCUT2D eigenvalue weighted by molar-refractivity contribution is 6.30. The number of rotatable bonds is 3. The van der Waals surface area contributed by atoms with Crippen molar-refractivity contribution in [1.82, 2.24) is 9.38 Å². The zero-order valence-corrected chi connectivity index (χ0v) is 10.5. The fraction of sp³-hybridized carbons (Fsp3) is 0.333. The van der Waals surface area contributed by atoms with Crippen LogP contribution in [-0.2, 0) is 17.8 Å². The Morgan fingerprint density at radius 1 is 1.53 bits per heavy atom. The first-order valence-electron chi connectivity index (χ1n) is 5.36. The number of hydrogen-bond acceptors (Lipinski definition) is 3. The summed E-state index contributed by atoms with van der Waals surface area (Å²) < 4.78 is 6.54. The van der Waals surface area contributed by atoms with Crippen molar-refractivity contribution in [3.8, 4) is 0 Å². The van der Waals surface area contributed by atoms with E-state index in [-0.39, 0.29) is 10.7 Å². The number of nitrogens with zero attached hydrogens (tertiary/aromatic N) is 2. The first-order chi connectivity index (χ1) is 8.17. The van der Waals surface area contributed by atoms with Crippen LogP contribution in [0.5, 0.6) is 0 Å². The molecule has 0 spiro atoms. The lowest BCUT2D eigenvalue weighted by molar-refractivity contribution is 0.185. The summed E-state index contributed by atoms with van der Waals surface area (Å²) in [5.74, 6) is 0. The lowest BCUT2D eigenvalue weighted by Gasteiger charge is -2.06. The minimum atomic E-state index is -0.105. The van der Waals surface area contributed by atoms with Gasteiger partial charge in [0.05, 0.1) is 12.2 Å². The molecule has 0 unspecified atom stereocenters. The van der Waals surface area contributed by atoms with E-state index >= 15 is 0 Å². The van der Waals surface area contributed by atoms with E-state index in [4.69, 9.17) is 16.3 Å². The number of hydrogen-bond donors (Lipinski definition) is 0. The number of methoxy groups -OCH3 is 1. The first-order valence-corrected chi connectivity index (χ1v) is 5.73. The number of halogens is 1. The molecular weight excluding hydrogens is 240 g/mol. The van der Waals surface area contributed by atoms with Gasteiger partial charge in [0.1, 0.15) is 10.8 Å². The molecule has 0 atom stereocenters. The molecule has 17 heavy (non-hydrogen) atoms. The van der Waals surface area contributed by atoms with E-state index in [0.717, 1.165) is 5.56 Å². The molecule has 2 aromatic rings. The number of pyridine rings is 1. The maximum Gasteiger partial charge on any atom is 0.262 e. The van der Waals surface area contributed by atoms with Crippen LogP contribution >= 0.6 is 11.6 Å². The predicted octanol–water partition coefficient (Wildman–Crippen LogP) is 2.06. The van der Waals surface area contributed by atoms with E-state index in [1.807, 2.05) is 13.0 Å². The Hall–Kier alpha value is -1.39. The Morgan fingerprint density at radius 3 is 2.94 bits per heavy atom. The van der Waals surface area contributed by atoms with Gasteiger partial charge in [-0.2, -0.15) is 0 Å². The highest BCUT2D eigenvalue weighted by atomic mass is 35.5. The first kappa shape index (κ1) is 12.1. The van der Waals surface area contributed by atoms with Crippen LogP contribution in [0.2, 0.25) is 5.15 Å². The standard InChI is InChI=1S/C12H13ClN2O2/c1-3-9-11(13)14-10-6-8(7-17-2)4-5-15(10)12(9)16/h4-6H,3,7H2,1-2H3. The fourth-order valence-electron chi connectivity index (χ4n) is 1.74. The van der Waals surface area contributed by atoms with Crippen LogP contribution in [0.15, 0.2) is 23.1 Å². The average molecular weight is 253 g/mol. The Morgan fingerprint density at radius 2 is 2.29 bits per heavy atom. The summed E-state index contributed by atoms with van der Waals surface area (Å²) in [4.78, 5) is 16.3. The van der Waals surface area contributed by atoms with E-state index in [2.05, 4.69) is 4.98 Å². The van der Waals surface area contributed by atoms with Crippen molar-refractivity contribution in [3.63, 3.8) is 0 Å². The molecule has 0 radical (unpaired) electrons. The summed E-state index contributed by atoms with van der Waals surface area (Å²) in [6.45, 7) is 2.37. The third-order valence-electron chi connectivity index (χ3n) is 2.60. The molecule has 0 saturated carbocycles. The minimum Gasteiger partial charge on any atom is -0.380 e. The third kappa shape index (κ3) is 2.18. The summed E-state index contributed by atoms with van der Waals surface area (Å²) in [5, 5.41) is 0.284. The summed E-state index contributed by atoms with van der Waals surface area (Å²) in [6, 6.07) is 3.64. The second-order valence-corrected chi connectivity index (χ2v) is 4.09. The molecule has 0 saturated heterocycles. The van der Waals surface area contributed by atoms with Gasteiger partial charge in [-0.1, -0.05) is 18.5 Å². The van der Waals surface area contributed by atoms with Crippen LogP contribution in [0, 0.1) is 0 Å². The molecule has 2 aromatic heterocycles. The van der Waals surface area contributed by atoms with E-state index in [9.17, 15) is 4.79 Å². The summed E-state index contributed by atoms with van der Waals surface area (Å²) in [7, 11) is 1.62. The quantitative estimate of drug-likeness (QED) is 0.786. The SMILES string of the molecule is CCc1c(Cl)nc2cc(COC)ccn2c1=O. The summed E-state index contributed by atoms with van der Waals surface area (Å²) >= 11 is 5.98. The lowest BCUT2D eigenvalue weighted by Crippen LogP contribution is -2.20. The molecule has 0 aliphatic carbocycles. The Labute approximate surface area is 104 Å². The van der Waals surface area contributed by atoms with Crippen LogP contribution in [0.4, 0.5) is 0 Å². The molecule has 0 aromatic carbocycles. The molecule has 90 valence electrons. The molecular formula is C12H13ClN2O2. The maximum atomic E-state index is 12.1. The van der Waals surface area contributed by atoms with Crippen molar-refractivity contribution in [1.29, 1.82) is 0 Å². The van der Waals surface area contributed by atoms with Gasteiger partial charge in [0.15, 0.2) is 0 Å². The van der Waals surface area contributed by atoms with Gasteiger partial charge < -0.3 is 4.74 Å². The topological polar surface area (TPSA) is 43.6 Å². The van der Waals surface area contributed by atoms with Crippen molar-refractivity contribution in [3.05, 3.63) is 45.0 Å². The molecule has 0 bridgehead atoms. The van der Waals surface area contributed by atoms with Crippen LogP contribution in [0.1, 0.15) is 18.1 Å². The molecule has 0 aliphatic heterocycles. The molecule has 2 heterocycles. The van der Waals surface area contributed by atoms with E-state index in [1.54, 1.807) is 19.4 Å². The molecule has 2 rings (SSSR count). The van der Waals surface area contributed by atoms with Gasteiger partial charge in [-0.3, -0.25) is 9.20 Å². The van der Waals surface area contributed by atoms with Crippen LogP contribution in [0.25, 0.3) is 5.65 Å². The largest absolute Gasteiger partial charge is 0.380 e. The van der Waals surface area contributed by atoms with Crippen molar-refractivity contribution in [2.24, 2.45) is 0 Å². The van der Waals surface area contributed by atoms with Crippen molar-refractivity contribution in [2.75, 3.05) is 7.11 Å². The van der Waals surface area contributed by atoms with Gasteiger partial charge in [-0.25, -0.2) is 4.98 Å². The van der Waals surface area contributed by atoms with E-state index in [1.165, 1.54) is 4.40 Å².